The van der Waals surface area contributed by atoms with Crippen LogP contribution >= 0.6 is 0 Å². The lowest BCUT2D eigenvalue weighted by atomic mass is 10.1. The lowest BCUT2D eigenvalue weighted by molar-refractivity contribution is -0.131. The van der Waals surface area contributed by atoms with Gasteiger partial charge in [-0.3, -0.25) is 4.79 Å². The van der Waals surface area contributed by atoms with Gasteiger partial charge in [-0.15, -0.1) is 0 Å². The van der Waals surface area contributed by atoms with Crippen molar-refractivity contribution in [2.75, 3.05) is 30.9 Å². The van der Waals surface area contributed by atoms with E-state index in [1.807, 2.05) is 31.2 Å². The number of nitrogens with one attached hydrogen (secondary N) is 2. The maximum absolute atomic E-state index is 13.2. The normalized spacial score (nSPS) is 16.4. The number of carboxylic acids is 1. The number of carbonyl (C=O) groups excluding carboxylic acids is 2. The molecular formula is C29H32N4O6. The number of carbonyl (C=O) groups is 3. The van der Waals surface area contributed by atoms with Crippen molar-refractivity contribution in [1.29, 1.82) is 0 Å². The fourth-order valence-corrected chi connectivity index (χ4v) is 4.52. The van der Waals surface area contributed by atoms with E-state index in [1.54, 1.807) is 35.2 Å². The van der Waals surface area contributed by atoms with Gasteiger partial charge in [0.25, 0.3) is 0 Å². The van der Waals surface area contributed by atoms with E-state index in [-0.39, 0.29) is 36.6 Å². The van der Waals surface area contributed by atoms with Crippen LogP contribution in [0.2, 0.25) is 0 Å². The highest BCUT2D eigenvalue weighted by Crippen LogP contribution is 2.27. The first-order chi connectivity index (χ1) is 18.7. The van der Waals surface area contributed by atoms with Crippen LogP contribution in [-0.4, -0.2) is 60.3 Å². The van der Waals surface area contributed by atoms with Crippen molar-refractivity contribution in [2.24, 2.45) is 5.73 Å². The summed E-state index contributed by atoms with van der Waals surface area (Å²) in [6.45, 7) is 2.57. The van der Waals surface area contributed by atoms with Gasteiger partial charge < -0.3 is 35.8 Å². The smallest absolute Gasteiger partial charge is 0.335 e. The van der Waals surface area contributed by atoms with Crippen molar-refractivity contribution >= 4 is 29.3 Å². The van der Waals surface area contributed by atoms with E-state index in [9.17, 15) is 14.4 Å². The monoisotopic (exact) mass is 532 g/mol. The summed E-state index contributed by atoms with van der Waals surface area (Å²) in [5, 5.41) is 14.7. The molecule has 0 bridgehead atoms. The number of rotatable bonds is 9. The third-order valence-corrected chi connectivity index (χ3v) is 6.57. The molecule has 10 nitrogen and oxygen atoms in total. The Hall–Kier alpha value is -4.57. The lowest BCUT2D eigenvalue weighted by Crippen LogP contribution is -2.40. The van der Waals surface area contributed by atoms with E-state index in [4.69, 9.17) is 20.3 Å². The van der Waals surface area contributed by atoms with Crippen LogP contribution in [0.1, 0.15) is 27.9 Å². The molecule has 5 N–H and O–H groups in total. The highest BCUT2D eigenvalue weighted by molar-refractivity contribution is 6.01. The number of nitrogens with two attached hydrogens (primary N) is 1. The summed E-state index contributed by atoms with van der Waals surface area (Å²) in [7, 11) is 1.50. The molecule has 1 fully saturated rings. The molecule has 1 heterocycles. The minimum Gasteiger partial charge on any atom is -0.495 e. The number of hydrogen-bond acceptors (Lipinski definition) is 6. The van der Waals surface area contributed by atoms with Gasteiger partial charge in [-0.1, -0.05) is 24.3 Å². The van der Waals surface area contributed by atoms with Crippen LogP contribution in [0.5, 0.6) is 11.5 Å². The van der Waals surface area contributed by atoms with Gasteiger partial charge >= 0.3 is 12.0 Å². The molecule has 1 aliphatic rings. The Morgan fingerprint density at radius 2 is 1.74 bits per heavy atom. The van der Waals surface area contributed by atoms with Gasteiger partial charge in [0.15, 0.2) is 0 Å². The molecule has 39 heavy (non-hydrogen) atoms. The van der Waals surface area contributed by atoms with Gasteiger partial charge in [0, 0.05) is 18.3 Å². The molecule has 1 aliphatic heterocycles. The highest BCUT2D eigenvalue weighted by atomic mass is 16.5. The Labute approximate surface area is 226 Å². The van der Waals surface area contributed by atoms with Gasteiger partial charge in [0.05, 0.1) is 30.8 Å². The molecule has 10 heteroatoms. The van der Waals surface area contributed by atoms with E-state index in [2.05, 4.69) is 10.6 Å². The Kier molecular flexibility index (Phi) is 8.67. The van der Waals surface area contributed by atoms with E-state index in [1.165, 1.54) is 19.2 Å². The number of amides is 3. The summed E-state index contributed by atoms with van der Waals surface area (Å²) in [6, 6.07) is 18.0. The molecule has 0 unspecified atom stereocenters. The molecule has 0 aliphatic carbocycles. The average Bonchev–Trinajstić information content (AvgIpc) is 3.30. The second-order valence-electron chi connectivity index (χ2n) is 9.44. The van der Waals surface area contributed by atoms with Crippen LogP contribution in [0, 0.1) is 6.92 Å². The molecular weight excluding hydrogens is 500 g/mol. The predicted octanol–water partition coefficient (Wildman–Crippen LogP) is 3.90. The van der Waals surface area contributed by atoms with Gasteiger partial charge in [-0.05, 0) is 66.9 Å². The molecule has 1 saturated heterocycles. The number of likely N-dealkylation sites (tertiary alicyclic amines) is 1. The van der Waals surface area contributed by atoms with Crippen molar-refractivity contribution in [2.45, 2.75) is 31.8 Å². The van der Waals surface area contributed by atoms with E-state index in [0.717, 1.165) is 11.1 Å². The fourth-order valence-electron chi connectivity index (χ4n) is 4.52. The molecule has 3 amide bonds. The van der Waals surface area contributed by atoms with Gasteiger partial charge in [-0.2, -0.15) is 0 Å². The van der Waals surface area contributed by atoms with Crippen molar-refractivity contribution in [3.8, 4) is 11.5 Å². The van der Waals surface area contributed by atoms with Crippen LogP contribution in [-0.2, 0) is 11.2 Å². The van der Waals surface area contributed by atoms with Gasteiger partial charge in [0.2, 0.25) is 5.91 Å². The second kappa shape index (κ2) is 12.3. The number of ether oxygens (including phenoxy) is 2. The summed E-state index contributed by atoms with van der Waals surface area (Å²) >= 11 is 0. The zero-order valence-electron chi connectivity index (χ0n) is 21.8. The zero-order valence-corrected chi connectivity index (χ0v) is 21.8. The minimum absolute atomic E-state index is 0.0992. The summed E-state index contributed by atoms with van der Waals surface area (Å²) in [5.41, 5.74) is 9.18. The Bertz CT molecular complexity index is 1340. The Morgan fingerprint density at radius 3 is 2.44 bits per heavy atom. The van der Waals surface area contributed by atoms with Gasteiger partial charge in [0.1, 0.15) is 18.1 Å². The quantitative estimate of drug-likeness (QED) is 0.327. The molecule has 4 rings (SSSR count). The summed E-state index contributed by atoms with van der Waals surface area (Å²) in [5.74, 6) is -0.154. The minimum atomic E-state index is -1.01. The topological polar surface area (TPSA) is 143 Å². The highest BCUT2D eigenvalue weighted by Gasteiger charge is 2.34. The Morgan fingerprint density at radius 1 is 1.03 bits per heavy atom. The van der Waals surface area contributed by atoms with E-state index in [0.29, 0.717) is 35.8 Å². The number of methoxy groups -OCH3 is 1. The lowest BCUT2D eigenvalue weighted by Gasteiger charge is -2.25. The number of aryl methyl sites for hydroxylation is 1. The zero-order chi connectivity index (χ0) is 27.9. The molecule has 0 saturated carbocycles. The first-order valence-corrected chi connectivity index (χ1v) is 12.5. The Balaban J connectivity index is 1.37. The molecule has 0 radical (unpaired) electrons. The van der Waals surface area contributed by atoms with Crippen LogP contribution < -0.4 is 25.8 Å². The van der Waals surface area contributed by atoms with Crippen LogP contribution in [0.3, 0.4) is 0 Å². The standard InChI is InChI=1S/C29H32N4O6/c1-18-5-3-4-6-24(18)31-29(37)32-25-12-7-19(13-26(25)38-2)14-27(34)33-16-21(30)15-22(33)17-39-23-10-8-20(9-11-23)28(35)36/h3-13,21-22H,14-17,30H2,1-2H3,(H,35,36)(H2,31,32,37)/t21-,22+/m1/s1. The van der Waals surface area contributed by atoms with Crippen molar-refractivity contribution in [3.05, 3.63) is 83.4 Å². The summed E-state index contributed by atoms with van der Waals surface area (Å²) < 4.78 is 11.3. The number of carboxylic acid groups (broad SMARTS) is 1. The number of anilines is 2. The second-order valence-corrected chi connectivity index (χ2v) is 9.44. The predicted molar refractivity (Wildman–Crippen MR) is 148 cm³/mol. The molecule has 204 valence electrons. The fraction of sp³-hybridized carbons (Fsp3) is 0.276. The first kappa shape index (κ1) is 27.5. The number of aromatic carboxylic acids is 1. The van der Waals surface area contributed by atoms with Crippen molar-refractivity contribution in [1.82, 2.24) is 4.90 Å². The maximum atomic E-state index is 13.2. The van der Waals surface area contributed by atoms with E-state index >= 15 is 0 Å². The number of benzene rings is 3. The average molecular weight is 533 g/mol. The van der Waals surface area contributed by atoms with E-state index < -0.39 is 12.0 Å². The van der Waals surface area contributed by atoms with Crippen LogP contribution in [0.15, 0.2) is 66.7 Å². The van der Waals surface area contributed by atoms with Crippen molar-refractivity contribution < 1.29 is 29.0 Å². The molecule has 0 spiro atoms. The largest absolute Gasteiger partial charge is 0.495 e. The molecule has 3 aromatic carbocycles. The number of nitrogens with zero attached hydrogens (tertiary/aromatic N) is 1. The third-order valence-electron chi connectivity index (χ3n) is 6.57. The first-order valence-electron chi connectivity index (χ1n) is 12.5. The molecule has 0 aromatic heterocycles. The number of urea groups is 1. The van der Waals surface area contributed by atoms with Crippen LogP contribution in [0.4, 0.5) is 16.2 Å². The number of hydrogen-bond donors (Lipinski definition) is 4. The van der Waals surface area contributed by atoms with Crippen LogP contribution in [0.25, 0.3) is 0 Å². The van der Waals surface area contributed by atoms with Gasteiger partial charge in [-0.25, -0.2) is 9.59 Å². The molecule has 3 aromatic rings. The third kappa shape index (κ3) is 7.05. The number of para-hydroxylation sites is 1. The SMILES string of the molecule is COc1cc(CC(=O)N2C[C@H](N)C[C@H]2COc2ccc(C(=O)O)cc2)ccc1NC(=O)Nc1ccccc1C. The van der Waals surface area contributed by atoms with Crippen molar-refractivity contribution in [3.63, 3.8) is 0 Å². The maximum Gasteiger partial charge on any atom is 0.335 e. The molecule has 2 atom stereocenters. The summed E-state index contributed by atoms with van der Waals surface area (Å²) in [6.07, 6.45) is 0.726. The summed E-state index contributed by atoms with van der Waals surface area (Å²) in [4.78, 5) is 38.5.